The molecule has 0 saturated heterocycles. The Morgan fingerprint density at radius 2 is 1.92 bits per heavy atom. The molecule has 8 heteroatoms. The molecule has 1 rings (SSSR count). The van der Waals surface area contributed by atoms with Gasteiger partial charge in [-0.1, -0.05) is 36.4 Å². The van der Waals surface area contributed by atoms with Crippen LogP contribution in [0.4, 0.5) is 4.79 Å². The van der Waals surface area contributed by atoms with Gasteiger partial charge in [-0.25, -0.2) is 9.59 Å². The molecular formula is C17H22N2O6. The minimum atomic E-state index is -1.19. The number of aliphatic carboxylic acids is 1. The molecule has 0 unspecified atom stereocenters. The van der Waals surface area contributed by atoms with Gasteiger partial charge in [-0.15, -0.1) is 6.58 Å². The first-order chi connectivity index (χ1) is 11.9. The Labute approximate surface area is 145 Å². The molecule has 136 valence electrons. The fourth-order valence-electron chi connectivity index (χ4n) is 1.90. The minimum Gasteiger partial charge on any atom is -0.480 e. The first-order valence-corrected chi connectivity index (χ1v) is 7.68. The van der Waals surface area contributed by atoms with Crippen LogP contribution in [0.3, 0.4) is 0 Å². The van der Waals surface area contributed by atoms with Gasteiger partial charge in [-0.2, -0.15) is 0 Å². The number of carbonyl (C=O) groups excluding carboxylic acids is 2. The van der Waals surface area contributed by atoms with E-state index in [9.17, 15) is 19.5 Å². The van der Waals surface area contributed by atoms with Crippen LogP contribution in [0.5, 0.6) is 0 Å². The van der Waals surface area contributed by atoms with Crippen LogP contribution in [-0.2, 0) is 20.9 Å². The number of alkyl carbamates (subject to hydrolysis) is 1. The lowest BCUT2D eigenvalue weighted by atomic mass is 10.2. The number of aliphatic hydroxyl groups is 1. The number of carboxylic acid groups (broad SMARTS) is 1. The highest BCUT2D eigenvalue weighted by molar-refractivity contribution is 5.83. The highest BCUT2D eigenvalue weighted by atomic mass is 16.5. The van der Waals surface area contributed by atoms with Crippen molar-refractivity contribution in [1.82, 2.24) is 10.6 Å². The summed E-state index contributed by atoms with van der Waals surface area (Å²) in [7, 11) is 0. The largest absolute Gasteiger partial charge is 0.480 e. The number of ether oxygens (including phenoxy) is 1. The number of carboxylic acids is 1. The molecule has 2 amide bonds. The van der Waals surface area contributed by atoms with Gasteiger partial charge in [0.05, 0.1) is 12.5 Å². The molecule has 0 bridgehead atoms. The highest BCUT2D eigenvalue weighted by Crippen LogP contribution is 2.01. The topological polar surface area (TPSA) is 125 Å². The number of benzene rings is 1. The maximum Gasteiger partial charge on any atom is 0.407 e. The third-order valence-corrected chi connectivity index (χ3v) is 3.15. The zero-order valence-corrected chi connectivity index (χ0v) is 13.7. The van der Waals surface area contributed by atoms with Crippen LogP contribution in [0.1, 0.15) is 18.4 Å². The standard InChI is InChI=1S/C17H22N2O6/c1-2-6-14(16(22)23)19-15(21)9-13(20)10-18-17(24)25-11-12-7-4-3-5-8-12/h2-5,7-8,13-14,20H,1,6,9-11H2,(H,18,24)(H,19,21)(H,22,23)/t13-,14-/m0/s1. The van der Waals surface area contributed by atoms with Crippen LogP contribution in [-0.4, -0.2) is 46.9 Å². The van der Waals surface area contributed by atoms with Crippen molar-refractivity contribution in [2.75, 3.05) is 6.54 Å². The van der Waals surface area contributed by atoms with E-state index in [-0.39, 0.29) is 26.0 Å². The van der Waals surface area contributed by atoms with Crippen LogP contribution < -0.4 is 10.6 Å². The summed E-state index contributed by atoms with van der Waals surface area (Å²) in [4.78, 5) is 34.1. The Morgan fingerprint density at radius 1 is 1.24 bits per heavy atom. The van der Waals surface area contributed by atoms with Crippen molar-refractivity contribution in [1.29, 1.82) is 0 Å². The molecule has 8 nitrogen and oxygen atoms in total. The van der Waals surface area contributed by atoms with Crippen molar-refractivity contribution >= 4 is 18.0 Å². The number of carbonyl (C=O) groups is 3. The van der Waals surface area contributed by atoms with Gasteiger partial charge in [0.15, 0.2) is 0 Å². The minimum absolute atomic E-state index is 0.0707. The van der Waals surface area contributed by atoms with E-state index in [1.165, 1.54) is 6.08 Å². The Bertz CT molecular complexity index is 590. The summed E-state index contributed by atoms with van der Waals surface area (Å²) in [5.74, 6) is -1.83. The summed E-state index contributed by atoms with van der Waals surface area (Å²) < 4.78 is 4.96. The molecule has 0 aliphatic heterocycles. The van der Waals surface area contributed by atoms with E-state index in [2.05, 4.69) is 17.2 Å². The number of amides is 2. The molecule has 0 aromatic heterocycles. The number of aliphatic hydroxyl groups excluding tert-OH is 1. The first kappa shape index (κ1) is 20.2. The van der Waals surface area contributed by atoms with E-state index < -0.39 is 30.1 Å². The summed E-state index contributed by atoms with van der Waals surface area (Å²) in [5, 5.41) is 23.3. The monoisotopic (exact) mass is 350 g/mol. The van der Waals surface area contributed by atoms with Gasteiger partial charge in [0, 0.05) is 6.54 Å². The van der Waals surface area contributed by atoms with Gasteiger partial charge < -0.3 is 25.6 Å². The lowest BCUT2D eigenvalue weighted by molar-refractivity contribution is -0.142. The Hall–Kier alpha value is -2.87. The number of hydrogen-bond donors (Lipinski definition) is 4. The van der Waals surface area contributed by atoms with Crippen molar-refractivity contribution in [3.05, 3.63) is 48.6 Å². The molecular weight excluding hydrogens is 328 g/mol. The second-order valence-electron chi connectivity index (χ2n) is 5.28. The van der Waals surface area contributed by atoms with Gasteiger partial charge >= 0.3 is 12.1 Å². The van der Waals surface area contributed by atoms with E-state index >= 15 is 0 Å². The van der Waals surface area contributed by atoms with Crippen LogP contribution in [0, 0.1) is 0 Å². The number of nitrogens with one attached hydrogen (secondary N) is 2. The maximum absolute atomic E-state index is 11.7. The third-order valence-electron chi connectivity index (χ3n) is 3.15. The summed E-state index contributed by atoms with van der Waals surface area (Å²) in [6.45, 7) is 3.31. The molecule has 1 aromatic carbocycles. The summed E-state index contributed by atoms with van der Waals surface area (Å²) >= 11 is 0. The van der Waals surface area contributed by atoms with E-state index in [0.29, 0.717) is 0 Å². The molecule has 0 aliphatic rings. The second kappa shape index (κ2) is 10.8. The van der Waals surface area contributed by atoms with Crippen molar-refractivity contribution in [3.8, 4) is 0 Å². The fourth-order valence-corrected chi connectivity index (χ4v) is 1.90. The molecule has 0 aliphatic carbocycles. The van der Waals surface area contributed by atoms with Crippen LogP contribution in [0.2, 0.25) is 0 Å². The van der Waals surface area contributed by atoms with Crippen molar-refractivity contribution in [2.24, 2.45) is 0 Å². The summed E-state index contributed by atoms with van der Waals surface area (Å²) in [5.41, 5.74) is 0.819. The molecule has 0 heterocycles. The van der Waals surface area contributed by atoms with Crippen LogP contribution in [0.15, 0.2) is 43.0 Å². The molecule has 25 heavy (non-hydrogen) atoms. The lowest BCUT2D eigenvalue weighted by Gasteiger charge is -2.15. The zero-order valence-electron chi connectivity index (χ0n) is 13.7. The number of rotatable bonds is 10. The quantitative estimate of drug-likeness (QED) is 0.463. The SMILES string of the molecule is C=CC[C@H](NC(=O)C[C@H](O)CNC(=O)OCc1ccccc1)C(=O)O. The van der Waals surface area contributed by atoms with E-state index in [1.807, 2.05) is 18.2 Å². The van der Waals surface area contributed by atoms with Gasteiger partial charge in [0.25, 0.3) is 0 Å². The third kappa shape index (κ3) is 8.52. The number of hydrogen-bond acceptors (Lipinski definition) is 5. The Balaban J connectivity index is 2.27. The van der Waals surface area contributed by atoms with E-state index in [1.54, 1.807) is 12.1 Å². The maximum atomic E-state index is 11.7. The summed E-state index contributed by atoms with van der Waals surface area (Å²) in [6.07, 6.45) is -0.790. The van der Waals surface area contributed by atoms with Gasteiger partial charge in [0.1, 0.15) is 12.6 Å². The van der Waals surface area contributed by atoms with Crippen LogP contribution >= 0.6 is 0 Å². The average Bonchev–Trinajstić information content (AvgIpc) is 2.58. The van der Waals surface area contributed by atoms with Crippen molar-refractivity contribution in [3.63, 3.8) is 0 Å². The average molecular weight is 350 g/mol. The molecule has 0 fully saturated rings. The Morgan fingerprint density at radius 3 is 2.52 bits per heavy atom. The smallest absolute Gasteiger partial charge is 0.407 e. The second-order valence-corrected chi connectivity index (χ2v) is 5.28. The van der Waals surface area contributed by atoms with Gasteiger partial charge in [-0.3, -0.25) is 4.79 Å². The summed E-state index contributed by atoms with van der Waals surface area (Å²) in [6, 6.07) is 7.98. The first-order valence-electron chi connectivity index (χ1n) is 7.68. The normalized spacial score (nSPS) is 12.5. The molecule has 0 radical (unpaired) electrons. The molecule has 1 aromatic rings. The highest BCUT2D eigenvalue weighted by Gasteiger charge is 2.20. The lowest BCUT2D eigenvalue weighted by Crippen LogP contribution is -2.43. The molecule has 0 saturated carbocycles. The molecule has 0 spiro atoms. The van der Waals surface area contributed by atoms with Gasteiger partial charge in [-0.05, 0) is 12.0 Å². The zero-order chi connectivity index (χ0) is 18.7. The van der Waals surface area contributed by atoms with E-state index in [0.717, 1.165) is 5.56 Å². The molecule has 4 N–H and O–H groups in total. The van der Waals surface area contributed by atoms with Gasteiger partial charge in [0.2, 0.25) is 5.91 Å². The Kier molecular flexibility index (Phi) is 8.73. The predicted octanol–water partition coefficient (Wildman–Crippen LogP) is 0.809. The van der Waals surface area contributed by atoms with Crippen LogP contribution in [0.25, 0.3) is 0 Å². The van der Waals surface area contributed by atoms with E-state index in [4.69, 9.17) is 9.84 Å². The van der Waals surface area contributed by atoms with Crippen molar-refractivity contribution in [2.45, 2.75) is 31.6 Å². The fraction of sp³-hybridized carbons (Fsp3) is 0.353. The molecule has 2 atom stereocenters. The van der Waals surface area contributed by atoms with Crippen molar-refractivity contribution < 1.29 is 29.3 Å². The predicted molar refractivity (Wildman–Crippen MR) is 89.6 cm³/mol.